The summed E-state index contributed by atoms with van der Waals surface area (Å²) in [6.45, 7) is 6.16. The Hall–Kier alpha value is -2.09. The maximum absolute atomic E-state index is 13.1. The first-order valence-corrected chi connectivity index (χ1v) is 11.0. The van der Waals surface area contributed by atoms with E-state index in [1.807, 2.05) is 75.4 Å². The number of hydrogen-bond acceptors (Lipinski definition) is 3. The number of benzene rings is 2. The maximum atomic E-state index is 13.1. The molecule has 0 radical (unpaired) electrons. The van der Waals surface area contributed by atoms with Gasteiger partial charge in [-0.05, 0) is 72.2 Å². The third-order valence-electron chi connectivity index (χ3n) is 4.76. The average molecular weight is 508 g/mol. The number of halogens is 1. The normalized spacial score (nSPS) is 12.7. The Morgan fingerprint density at radius 3 is 2.28 bits per heavy atom. The van der Waals surface area contributed by atoms with Gasteiger partial charge in [-0.3, -0.25) is 9.59 Å². The van der Waals surface area contributed by atoms with Crippen LogP contribution in [0.3, 0.4) is 0 Å². The van der Waals surface area contributed by atoms with Crippen LogP contribution in [0.15, 0.2) is 54.6 Å². The minimum absolute atomic E-state index is 0.0632. The largest absolute Gasteiger partial charge is 0.484 e. The molecule has 156 valence electrons. The van der Waals surface area contributed by atoms with Crippen LogP contribution >= 0.6 is 22.6 Å². The van der Waals surface area contributed by atoms with Gasteiger partial charge in [0.15, 0.2) is 6.61 Å². The van der Waals surface area contributed by atoms with Crippen molar-refractivity contribution in [1.82, 2.24) is 10.2 Å². The summed E-state index contributed by atoms with van der Waals surface area (Å²) >= 11 is 2.22. The Morgan fingerprint density at radius 1 is 1.03 bits per heavy atom. The lowest BCUT2D eigenvalue weighted by Crippen LogP contribution is -2.51. The van der Waals surface area contributed by atoms with Crippen LogP contribution < -0.4 is 10.1 Å². The molecule has 0 unspecified atom stereocenters. The first-order valence-electron chi connectivity index (χ1n) is 9.96. The fourth-order valence-electron chi connectivity index (χ4n) is 2.90. The van der Waals surface area contributed by atoms with E-state index in [4.69, 9.17) is 4.74 Å². The van der Waals surface area contributed by atoms with Crippen LogP contribution in [0.2, 0.25) is 0 Å². The van der Waals surface area contributed by atoms with Gasteiger partial charge in [-0.1, -0.05) is 44.2 Å². The molecule has 1 N–H and O–H groups in total. The number of amides is 2. The number of carbonyl (C=O) groups is 2. The minimum Gasteiger partial charge on any atom is -0.484 e. The third kappa shape index (κ3) is 7.34. The molecule has 2 amide bonds. The molecule has 0 spiro atoms. The Kier molecular flexibility index (Phi) is 9.44. The van der Waals surface area contributed by atoms with E-state index in [-0.39, 0.29) is 24.5 Å². The zero-order valence-electron chi connectivity index (χ0n) is 17.2. The predicted octanol–water partition coefficient (Wildman–Crippen LogP) is 4.39. The topological polar surface area (TPSA) is 58.6 Å². The molecular weight excluding hydrogens is 479 g/mol. The molecule has 0 fully saturated rings. The monoisotopic (exact) mass is 508 g/mol. The summed E-state index contributed by atoms with van der Waals surface area (Å²) in [5.74, 6) is 0.300. The van der Waals surface area contributed by atoms with Crippen molar-refractivity contribution in [3.8, 4) is 5.75 Å². The van der Waals surface area contributed by atoms with Crippen LogP contribution in [-0.2, 0) is 16.1 Å². The van der Waals surface area contributed by atoms with Crippen molar-refractivity contribution in [2.24, 2.45) is 0 Å². The molecule has 0 aliphatic rings. The SMILES string of the molecule is CC[C@H](C)NC(=O)[C@H](CC)N(Cc1ccccc1)C(=O)COc1ccc(I)cc1. The molecule has 0 bridgehead atoms. The Balaban J connectivity index is 2.16. The molecule has 2 atom stereocenters. The van der Waals surface area contributed by atoms with Gasteiger partial charge in [-0.25, -0.2) is 0 Å². The lowest BCUT2D eigenvalue weighted by Gasteiger charge is -2.31. The summed E-state index contributed by atoms with van der Waals surface area (Å²) in [6.07, 6.45) is 1.37. The Morgan fingerprint density at radius 2 is 1.69 bits per heavy atom. The van der Waals surface area contributed by atoms with Gasteiger partial charge in [0, 0.05) is 16.2 Å². The van der Waals surface area contributed by atoms with E-state index >= 15 is 0 Å². The second kappa shape index (κ2) is 11.8. The number of ether oxygens (including phenoxy) is 1. The molecule has 2 aromatic carbocycles. The molecule has 6 heteroatoms. The number of carbonyl (C=O) groups excluding carboxylic acids is 2. The fourth-order valence-corrected chi connectivity index (χ4v) is 3.26. The van der Waals surface area contributed by atoms with E-state index in [0.29, 0.717) is 18.7 Å². The summed E-state index contributed by atoms with van der Waals surface area (Å²) in [5, 5.41) is 3.01. The molecule has 0 aromatic heterocycles. The number of nitrogens with zero attached hydrogens (tertiary/aromatic N) is 1. The van der Waals surface area contributed by atoms with Crippen LogP contribution in [0, 0.1) is 3.57 Å². The van der Waals surface area contributed by atoms with Crippen molar-refractivity contribution in [3.05, 3.63) is 63.7 Å². The van der Waals surface area contributed by atoms with Gasteiger partial charge in [-0.15, -0.1) is 0 Å². The highest BCUT2D eigenvalue weighted by atomic mass is 127. The quantitative estimate of drug-likeness (QED) is 0.485. The Bertz CT molecular complexity index is 780. The molecule has 5 nitrogen and oxygen atoms in total. The minimum atomic E-state index is -0.544. The van der Waals surface area contributed by atoms with E-state index < -0.39 is 6.04 Å². The van der Waals surface area contributed by atoms with Crippen molar-refractivity contribution < 1.29 is 14.3 Å². The molecule has 0 saturated carbocycles. The number of hydrogen-bond donors (Lipinski definition) is 1. The summed E-state index contributed by atoms with van der Waals surface area (Å²) in [7, 11) is 0. The Labute approximate surface area is 187 Å². The van der Waals surface area contributed by atoms with E-state index in [1.165, 1.54) is 0 Å². The standard InChI is InChI=1S/C23H29IN2O3/c1-4-17(3)25-23(28)21(5-2)26(15-18-9-7-6-8-10-18)22(27)16-29-20-13-11-19(24)12-14-20/h6-14,17,21H,4-5,15-16H2,1-3H3,(H,25,28)/t17-,21-/m0/s1. The van der Waals surface area contributed by atoms with Gasteiger partial charge in [-0.2, -0.15) is 0 Å². The van der Waals surface area contributed by atoms with Crippen molar-refractivity contribution in [1.29, 1.82) is 0 Å². The van der Waals surface area contributed by atoms with E-state index in [2.05, 4.69) is 27.9 Å². The molecule has 2 rings (SSSR count). The van der Waals surface area contributed by atoms with Gasteiger partial charge < -0.3 is 15.0 Å². The molecular formula is C23H29IN2O3. The molecule has 0 aliphatic heterocycles. The van der Waals surface area contributed by atoms with Crippen molar-refractivity contribution in [2.45, 2.75) is 52.2 Å². The zero-order chi connectivity index (χ0) is 21.2. The highest BCUT2D eigenvalue weighted by Gasteiger charge is 2.29. The van der Waals surface area contributed by atoms with Gasteiger partial charge in [0.25, 0.3) is 5.91 Å². The van der Waals surface area contributed by atoms with Crippen LogP contribution in [-0.4, -0.2) is 35.4 Å². The van der Waals surface area contributed by atoms with Gasteiger partial charge >= 0.3 is 0 Å². The first-order chi connectivity index (χ1) is 13.9. The molecule has 0 aliphatic carbocycles. The lowest BCUT2D eigenvalue weighted by atomic mass is 10.1. The van der Waals surface area contributed by atoms with Crippen molar-refractivity contribution >= 4 is 34.4 Å². The fraction of sp³-hybridized carbons (Fsp3) is 0.391. The highest BCUT2D eigenvalue weighted by molar-refractivity contribution is 14.1. The molecule has 29 heavy (non-hydrogen) atoms. The van der Waals surface area contributed by atoms with E-state index in [1.54, 1.807) is 4.90 Å². The highest BCUT2D eigenvalue weighted by Crippen LogP contribution is 2.16. The van der Waals surface area contributed by atoms with Gasteiger partial charge in [0.05, 0.1) is 0 Å². The summed E-state index contributed by atoms with van der Waals surface area (Å²) < 4.78 is 6.79. The maximum Gasteiger partial charge on any atom is 0.261 e. The lowest BCUT2D eigenvalue weighted by molar-refractivity contribution is -0.143. The van der Waals surface area contributed by atoms with E-state index in [0.717, 1.165) is 15.6 Å². The third-order valence-corrected chi connectivity index (χ3v) is 5.48. The second-order valence-corrected chi connectivity index (χ2v) is 8.24. The van der Waals surface area contributed by atoms with Crippen LogP contribution in [0.5, 0.6) is 5.75 Å². The number of nitrogens with one attached hydrogen (secondary N) is 1. The van der Waals surface area contributed by atoms with E-state index in [9.17, 15) is 9.59 Å². The molecule has 0 heterocycles. The number of rotatable bonds is 10. The summed E-state index contributed by atoms with van der Waals surface area (Å²) in [6, 6.07) is 16.8. The molecule has 0 saturated heterocycles. The van der Waals surface area contributed by atoms with Crippen LogP contribution in [0.4, 0.5) is 0 Å². The van der Waals surface area contributed by atoms with Crippen LogP contribution in [0.25, 0.3) is 0 Å². The van der Waals surface area contributed by atoms with Crippen molar-refractivity contribution in [2.75, 3.05) is 6.61 Å². The summed E-state index contributed by atoms with van der Waals surface area (Å²) in [5.41, 5.74) is 0.977. The summed E-state index contributed by atoms with van der Waals surface area (Å²) in [4.78, 5) is 27.5. The van der Waals surface area contributed by atoms with Gasteiger partial charge in [0.2, 0.25) is 5.91 Å². The van der Waals surface area contributed by atoms with Crippen LogP contribution in [0.1, 0.15) is 39.2 Å². The first kappa shape index (κ1) is 23.2. The van der Waals surface area contributed by atoms with Gasteiger partial charge in [0.1, 0.15) is 11.8 Å². The average Bonchev–Trinajstić information content (AvgIpc) is 2.73. The second-order valence-electron chi connectivity index (χ2n) is 6.99. The smallest absolute Gasteiger partial charge is 0.261 e. The zero-order valence-corrected chi connectivity index (χ0v) is 19.4. The molecule has 2 aromatic rings. The predicted molar refractivity (Wildman–Crippen MR) is 124 cm³/mol. The van der Waals surface area contributed by atoms with Crippen molar-refractivity contribution in [3.63, 3.8) is 0 Å².